The molecule has 5 heteroatoms. The van der Waals surface area contributed by atoms with Gasteiger partial charge in [0.2, 0.25) is 0 Å². The number of hydrogen-bond donors (Lipinski definition) is 1. The van der Waals surface area contributed by atoms with Gasteiger partial charge in [-0.3, -0.25) is 0 Å². The summed E-state index contributed by atoms with van der Waals surface area (Å²) in [5.41, 5.74) is 7.16. The summed E-state index contributed by atoms with van der Waals surface area (Å²) in [5, 5.41) is 0. The summed E-state index contributed by atoms with van der Waals surface area (Å²) in [7, 11) is 1.65. The summed E-state index contributed by atoms with van der Waals surface area (Å²) in [4.78, 5) is 4.68. The van der Waals surface area contributed by atoms with Crippen LogP contribution in [0.25, 0.3) is 0 Å². The molecular formula is C17H16N2O3. The van der Waals surface area contributed by atoms with Crippen LogP contribution in [-0.4, -0.2) is 19.7 Å². The molecule has 0 saturated heterocycles. The second-order valence-corrected chi connectivity index (χ2v) is 5.34. The molecule has 22 heavy (non-hydrogen) atoms. The molecular weight excluding hydrogens is 280 g/mol. The number of ether oxygens (including phenoxy) is 3. The molecule has 2 aliphatic heterocycles. The minimum Gasteiger partial charge on any atom is -0.496 e. The standard InChI is InChI=1S/C17H16N2O3/c1-20-13-7-4-8-14-15(13)17(9-10-21-16(18)19-17)11-5-2-3-6-12(11)22-14/h2-8H,9-10H2,1H3,(H2,18,19). The van der Waals surface area contributed by atoms with E-state index in [0.29, 0.717) is 13.0 Å². The second kappa shape index (κ2) is 4.66. The van der Waals surface area contributed by atoms with Crippen LogP contribution in [0.15, 0.2) is 47.5 Å². The van der Waals surface area contributed by atoms with Gasteiger partial charge in [-0.25, -0.2) is 4.99 Å². The fourth-order valence-corrected chi connectivity index (χ4v) is 3.28. The maximum absolute atomic E-state index is 6.05. The monoisotopic (exact) mass is 296 g/mol. The first-order valence-electron chi connectivity index (χ1n) is 7.17. The number of para-hydroxylation sites is 1. The van der Waals surface area contributed by atoms with Crippen molar-refractivity contribution >= 4 is 6.02 Å². The number of fused-ring (bicyclic) bond motifs is 4. The third-order valence-corrected chi connectivity index (χ3v) is 4.19. The zero-order valence-corrected chi connectivity index (χ0v) is 12.2. The zero-order valence-electron chi connectivity index (χ0n) is 12.2. The van der Waals surface area contributed by atoms with Crippen LogP contribution in [0.3, 0.4) is 0 Å². The molecule has 112 valence electrons. The van der Waals surface area contributed by atoms with Crippen LogP contribution in [0, 0.1) is 0 Å². The fourth-order valence-electron chi connectivity index (χ4n) is 3.28. The minimum absolute atomic E-state index is 0.194. The Bertz CT molecular complexity index is 772. The van der Waals surface area contributed by atoms with Gasteiger partial charge in [-0.1, -0.05) is 24.3 Å². The lowest BCUT2D eigenvalue weighted by molar-refractivity contribution is 0.216. The largest absolute Gasteiger partial charge is 0.496 e. The van der Waals surface area contributed by atoms with Gasteiger partial charge in [0.25, 0.3) is 6.02 Å². The summed E-state index contributed by atoms with van der Waals surface area (Å²) < 4.78 is 17.0. The third-order valence-electron chi connectivity index (χ3n) is 4.19. The van der Waals surface area contributed by atoms with Gasteiger partial charge in [0.05, 0.1) is 19.3 Å². The Morgan fingerprint density at radius 2 is 1.95 bits per heavy atom. The van der Waals surface area contributed by atoms with Crippen LogP contribution in [0.5, 0.6) is 17.2 Å². The van der Waals surface area contributed by atoms with Gasteiger partial charge in [0.1, 0.15) is 22.8 Å². The van der Waals surface area contributed by atoms with Gasteiger partial charge in [0, 0.05) is 12.0 Å². The normalized spacial score (nSPS) is 22.0. The van der Waals surface area contributed by atoms with E-state index in [1.54, 1.807) is 7.11 Å². The van der Waals surface area contributed by atoms with Crippen molar-refractivity contribution in [3.8, 4) is 17.2 Å². The molecule has 0 aromatic heterocycles. The van der Waals surface area contributed by atoms with Crippen molar-refractivity contribution in [3.05, 3.63) is 53.6 Å². The molecule has 1 unspecified atom stereocenters. The van der Waals surface area contributed by atoms with E-state index in [-0.39, 0.29) is 6.02 Å². The highest BCUT2D eigenvalue weighted by molar-refractivity contribution is 5.75. The molecule has 2 N–H and O–H groups in total. The Labute approximate surface area is 128 Å². The van der Waals surface area contributed by atoms with Crippen molar-refractivity contribution in [1.82, 2.24) is 0 Å². The van der Waals surface area contributed by atoms with E-state index < -0.39 is 5.54 Å². The second-order valence-electron chi connectivity index (χ2n) is 5.34. The van der Waals surface area contributed by atoms with Crippen molar-refractivity contribution in [3.63, 3.8) is 0 Å². The first kappa shape index (κ1) is 13.0. The number of nitrogens with two attached hydrogens (primary N) is 1. The molecule has 1 spiro atoms. The van der Waals surface area contributed by atoms with Gasteiger partial charge in [-0.15, -0.1) is 0 Å². The summed E-state index contributed by atoms with van der Waals surface area (Å²) in [6.45, 7) is 0.501. The van der Waals surface area contributed by atoms with Crippen LogP contribution < -0.4 is 15.2 Å². The molecule has 2 heterocycles. The van der Waals surface area contributed by atoms with Gasteiger partial charge >= 0.3 is 0 Å². The topological polar surface area (TPSA) is 66.1 Å². The van der Waals surface area contributed by atoms with Crippen LogP contribution in [0.1, 0.15) is 17.5 Å². The summed E-state index contributed by atoms with van der Waals surface area (Å²) in [6, 6.07) is 13.8. The number of aliphatic imine (C=N–C) groups is 1. The molecule has 2 aromatic rings. The van der Waals surface area contributed by atoms with Crippen molar-refractivity contribution in [2.45, 2.75) is 12.0 Å². The fraction of sp³-hybridized carbons (Fsp3) is 0.235. The first-order chi connectivity index (χ1) is 10.7. The maximum atomic E-state index is 6.05. The molecule has 0 saturated carbocycles. The SMILES string of the molecule is COc1cccc2c1C1(CCOC(N)=N1)c1ccccc1O2. The molecule has 1 atom stereocenters. The Kier molecular flexibility index (Phi) is 2.76. The van der Waals surface area contributed by atoms with E-state index >= 15 is 0 Å². The average molecular weight is 296 g/mol. The molecule has 2 aliphatic rings. The van der Waals surface area contributed by atoms with Gasteiger partial charge < -0.3 is 19.9 Å². The molecule has 0 aliphatic carbocycles. The van der Waals surface area contributed by atoms with Crippen LogP contribution in [0.2, 0.25) is 0 Å². The quantitative estimate of drug-likeness (QED) is 0.878. The highest BCUT2D eigenvalue weighted by atomic mass is 16.5. The van der Waals surface area contributed by atoms with Crippen molar-refractivity contribution in [1.29, 1.82) is 0 Å². The number of benzene rings is 2. The van der Waals surface area contributed by atoms with Crippen molar-refractivity contribution in [2.24, 2.45) is 10.7 Å². The number of rotatable bonds is 1. The lowest BCUT2D eigenvalue weighted by atomic mass is 9.77. The Balaban J connectivity index is 2.07. The first-order valence-corrected chi connectivity index (χ1v) is 7.17. The Morgan fingerprint density at radius 3 is 2.77 bits per heavy atom. The highest BCUT2D eigenvalue weighted by Gasteiger charge is 2.46. The van der Waals surface area contributed by atoms with Crippen LogP contribution >= 0.6 is 0 Å². The number of methoxy groups -OCH3 is 1. The molecule has 0 fully saturated rings. The number of nitrogens with zero attached hydrogens (tertiary/aromatic N) is 1. The summed E-state index contributed by atoms with van der Waals surface area (Å²) in [5.74, 6) is 2.28. The third kappa shape index (κ3) is 1.68. The van der Waals surface area contributed by atoms with Gasteiger partial charge in [-0.05, 0) is 18.2 Å². The van der Waals surface area contributed by atoms with E-state index in [4.69, 9.17) is 19.9 Å². The highest BCUT2D eigenvalue weighted by Crippen LogP contribution is 2.54. The van der Waals surface area contributed by atoms with E-state index in [1.165, 1.54) is 0 Å². The van der Waals surface area contributed by atoms with E-state index in [9.17, 15) is 0 Å². The molecule has 2 aromatic carbocycles. The zero-order chi connectivity index (χ0) is 15.2. The molecule has 0 amide bonds. The van der Waals surface area contributed by atoms with E-state index in [2.05, 4.69) is 4.99 Å². The van der Waals surface area contributed by atoms with Crippen molar-refractivity contribution < 1.29 is 14.2 Å². The number of hydrogen-bond acceptors (Lipinski definition) is 5. The van der Waals surface area contributed by atoms with Gasteiger partial charge in [-0.2, -0.15) is 0 Å². The molecule has 4 rings (SSSR count). The van der Waals surface area contributed by atoms with Crippen LogP contribution in [0.4, 0.5) is 0 Å². The predicted molar refractivity (Wildman–Crippen MR) is 82.5 cm³/mol. The predicted octanol–water partition coefficient (Wildman–Crippen LogP) is 2.78. The smallest absolute Gasteiger partial charge is 0.283 e. The van der Waals surface area contributed by atoms with E-state index in [0.717, 1.165) is 28.4 Å². The molecule has 0 bridgehead atoms. The van der Waals surface area contributed by atoms with Crippen molar-refractivity contribution in [2.75, 3.05) is 13.7 Å². The molecule has 0 radical (unpaired) electrons. The average Bonchev–Trinajstić information content (AvgIpc) is 2.54. The maximum Gasteiger partial charge on any atom is 0.283 e. The lowest BCUT2D eigenvalue weighted by Gasteiger charge is -2.39. The Hall–Kier alpha value is -2.69. The summed E-state index contributed by atoms with van der Waals surface area (Å²) in [6.07, 6.45) is 0.682. The van der Waals surface area contributed by atoms with Gasteiger partial charge in [0.15, 0.2) is 0 Å². The summed E-state index contributed by atoms with van der Waals surface area (Å²) >= 11 is 0. The molecule has 5 nitrogen and oxygen atoms in total. The Morgan fingerprint density at radius 1 is 1.14 bits per heavy atom. The van der Waals surface area contributed by atoms with Crippen LogP contribution in [-0.2, 0) is 10.3 Å². The number of amidine groups is 1. The lowest BCUT2D eigenvalue weighted by Crippen LogP contribution is -2.38. The minimum atomic E-state index is -0.626. The van der Waals surface area contributed by atoms with E-state index in [1.807, 2.05) is 42.5 Å².